The zero-order chi connectivity index (χ0) is 18.6. The minimum atomic E-state index is 0.0203. The van der Waals surface area contributed by atoms with Crippen molar-refractivity contribution >= 4 is 5.91 Å². The number of amides is 1. The number of carbonyl (C=O) groups is 1. The van der Waals surface area contributed by atoms with Crippen LogP contribution in [-0.2, 0) is 11.3 Å². The van der Waals surface area contributed by atoms with Crippen LogP contribution in [0.3, 0.4) is 0 Å². The fourth-order valence-electron chi connectivity index (χ4n) is 3.34. The summed E-state index contributed by atoms with van der Waals surface area (Å²) in [5.41, 5.74) is 3.36. The van der Waals surface area contributed by atoms with Gasteiger partial charge in [-0.05, 0) is 49.3 Å². The summed E-state index contributed by atoms with van der Waals surface area (Å²) in [4.78, 5) is 12.5. The van der Waals surface area contributed by atoms with Gasteiger partial charge in [0.05, 0.1) is 6.54 Å². The molecule has 1 aliphatic carbocycles. The molecule has 1 amide bonds. The number of nitrogens with one attached hydrogen (secondary N) is 1. The highest BCUT2D eigenvalue weighted by molar-refractivity contribution is 5.77. The lowest BCUT2D eigenvalue weighted by Crippen LogP contribution is -2.25. The van der Waals surface area contributed by atoms with Gasteiger partial charge in [-0.2, -0.15) is 0 Å². The van der Waals surface area contributed by atoms with Crippen molar-refractivity contribution in [1.82, 2.24) is 15.5 Å². The van der Waals surface area contributed by atoms with Crippen molar-refractivity contribution in [2.75, 3.05) is 0 Å². The number of benzene rings is 2. The summed E-state index contributed by atoms with van der Waals surface area (Å²) in [6.45, 7) is 2.33. The smallest absolute Gasteiger partial charge is 0.247 e. The van der Waals surface area contributed by atoms with Crippen LogP contribution in [0.25, 0.3) is 11.5 Å². The van der Waals surface area contributed by atoms with Gasteiger partial charge in [0.1, 0.15) is 0 Å². The quantitative estimate of drug-likeness (QED) is 0.683. The van der Waals surface area contributed by atoms with E-state index in [2.05, 4.69) is 46.7 Å². The third kappa shape index (κ3) is 4.42. The molecule has 0 spiro atoms. The van der Waals surface area contributed by atoms with Crippen LogP contribution in [0.4, 0.5) is 0 Å². The molecule has 1 N–H and O–H groups in total. The standard InChI is InChI=1S/C22H23N3O2/c1-15-7-9-16(10-8-15)19(17-11-12-17)13-20(26)23-14-21-24-25-22(27-21)18-5-3-2-4-6-18/h2-10,17,19H,11-14H2,1H3,(H,23,26). The number of rotatable bonds is 7. The second-order valence-electron chi connectivity index (χ2n) is 7.20. The van der Waals surface area contributed by atoms with Crippen molar-refractivity contribution < 1.29 is 9.21 Å². The zero-order valence-electron chi connectivity index (χ0n) is 15.4. The predicted molar refractivity (Wildman–Crippen MR) is 103 cm³/mol. The molecule has 138 valence electrons. The number of nitrogens with zero attached hydrogens (tertiary/aromatic N) is 2. The van der Waals surface area contributed by atoms with Crippen LogP contribution in [0.15, 0.2) is 59.0 Å². The van der Waals surface area contributed by atoms with Gasteiger partial charge >= 0.3 is 0 Å². The van der Waals surface area contributed by atoms with Crippen molar-refractivity contribution in [2.24, 2.45) is 5.92 Å². The molecular formula is C22H23N3O2. The van der Waals surface area contributed by atoms with Crippen molar-refractivity contribution in [3.05, 3.63) is 71.6 Å². The Morgan fingerprint density at radius 1 is 1.11 bits per heavy atom. The van der Waals surface area contributed by atoms with Gasteiger partial charge in [-0.3, -0.25) is 4.79 Å². The number of carbonyl (C=O) groups excluding carboxylic acids is 1. The van der Waals surface area contributed by atoms with Gasteiger partial charge in [0.15, 0.2) is 0 Å². The van der Waals surface area contributed by atoms with Gasteiger partial charge < -0.3 is 9.73 Å². The molecule has 5 heteroatoms. The van der Waals surface area contributed by atoms with Crippen molar-refractivity contribution in [1.29, 1.82) is 0 Å². The van der Waals surface area contributed by atoms with E-state index in [9.17, 15) is 4.79 Å². The van der Waals surface area contributed by atoms with Crippen molar-refractivity contribution in [3.8, 4) is 11.5 Å². The van der Waals surface area contributed by atoms with Crippen LogP contribution >= 0.6 is 0 Å². The molecule has 1 aliphatic rings. The van der Waals surface area contributed by atoms with Crippen LogP contribution < -0.4 is 5.32 Å². The molecule has 0 aliphatic heterocycles. The van der Waals surface area contributed by atoms with Crippen LogP contribution in [0.5, 0.6) is 0 Å². The molecule has 0 radical (unpaired) electrons. The largest absolute Gasteiger partial charge is 0.419 e. The van der Waals surface area contributed by atoms with E-state index in [-0.39, 0.29) is 18.4 Å². The van der Waals surface area contributed by atoms with Crippen molar-refractivity contribution in [2.45, 2.75) is 38.6 Å². The first-order valence-electron chi connectivity index (χ1n) is 9.40. The summed E-state index contributed by atoms with van der Waals surface area (Å²) < 4.78 is 5.65. The molecule has 1 atom stereocenters. The Balaban J connectivity index is 1.35. The maximum absolute atomic E-state index is 12.5. The molecule has 1 unspecified atom stereocenters. The van der Waals surface area contributed by atoms with Crippen LogP contribution in [0.2, 0.25) is 0 Å². The summed E-state index contributed by atoms with van der Waals surface area (Å²) >= 11 is 0. The maximum atomic E-state index is 12.5. The Morgan fingerprint density at radius 3 is 2.56 bits per heavy atom. The molecule has 5 nitrogen and oxygen atoms in total. The molecule has 0 bridgehead atoms. The molecular weight excluding hydrogens is 338 g/mol. The monoisotopic (exact) mass is 361 g/mol. The van der Waals surface area contributed by atoms with Gasteiger partial charge in [-0.25, -0.2) is 0 Å². The highest BCUT2D eigenvalue weighted by atomic mass is 16.4. The molecule has 1 heterocycles. The highest BCUT2D eigenvalue weighted by Gasteiger charge is 2.33. The lowest BCUT2D eigenvalue weighted by molar-refractivity contribution is -0.121. The lowest BCUT2D eigenvalue weighted by Gasteiger charge is -2.16. The summed E-state index contributed by atoms with van der Waals surface area (Å²) in [5, 5.41) is 11.0. The van der Waals surface area contributed by atoms with Gasteiger partial charge in [0, 0.05) is 12.0 Å². The highest BCUT2D eigenvalue weighted by Crippen LogP contribution is 2.44. The van der Waals surface area contributed by atoms with E-state index >= 15 is 0 Å². The summed E-state index contributed by atoms with van der Waals surface area (Å²) in [5.74, 6) is 1.81. The van der Waals surface area contributed by atoms with Gasteiger partial charge in [-0.15, -0.1) is 10.2 Å². The van der Waals surface area contributed by atoms with Crippen molar-refractivity contribution in [3.63, 3.8) is 0 Å². The molecule has 3 aromatic rings. The van der Waals surface area contributed by atoms with Gasteiger partial charge in [-0.1, -0.05) is 48.0 Å². The summed E-state index contributed by atoms with van der Waals surface area (Å²) in [6, 6.07) is 18.1. The second-order valence-corrected chi connectivity index (χ2v) is 7.20. The topological polar surface area (TPSA) is 68.0 Å². The number of hydrogen-bond acceptors (Lipinski definition) is 4. The van der Waals surface area contributed by atoms with E-state index in [1.807, 2.05) is 30.3 Å². The van der Waals surface area contributed by atoms with E-state index < -0.39 is 0 Å². The molecule has 1 saturated carbocycles. The van der Waals surface area contributed by atoms with E-state index in [0.29, 0.717) is 24.1 Å². The fraction of sp³-hybridized carbons (Fsp3) is 0.318. The third-order valence-corrected chi connectivity index (χ3v) is 5.03. The van der Waals surface area contributed by atoms with Gasteiger partial charge in [0.2, 0.25) is 17.7 Å². The molecule has 27 heavy (non-hydrogen) atoms. The van der Waals surface area contributed by atoms with E-state index in [1.165, 1.54) is 24.0 Å². The first kappa shape index (κ1) is 17.5. The molecule has 1 aromatic heterocycles. The first-order valence-corrected chi connectivity index (χ1v) is 9.40. The van der Waals surface area contributed by atoms with Crippen LogP contribution in [-0.4, -0.2) is 16.1 Å². The average Bonchev–Trinajstić information content (AvgIpc) is 3.43. The third-order valence-electron chi connectivity index (χ3n) is 5.03. The number of hydrogen-bond donors (Lipinski definition) is 1. The first-order chi connectivity index (χ1) is 13.2. The Kier molecular flexibility index (Phi) is 5.01. The fourth-order valence-corrected chi connectivity index (χ4v) is 3.34. The zero-order valence-corrected chi connectivity index (χ0v) is 15.4. The summed E-state index contributed by atoms with van der Waals surface area (Å²) in [7, 11) is 0. The molecule has 1 fully saturated rings. The Morgan fingerprint density at radius 2 is 1.85 bits per heavy atom. The molecule has 0 saturated heterocycles. The Labute approximate surface area is 158 Å². The lowest BCUT2D eigenvalue weighted by atomic mass is 9.90. The van der Waals surface area contributed by atoms with Crippen LogP contribution in [0, 0.1) is 12.8 Å². The minimum Gasteiger partial charge on any atom is -0.419 e. The Hall–Kier alpha value is -2.95. The SMILES string of the molecule is Cc1ccc(C(CC(=O)NCc2nnc(-c3ccccc3)o2)C2CC2)cc1. The van der Waals surface area contributed by atoms with E-state index in [0.717, 1.165) is 5.56 Å². The van der Waals surface area contributed by atoms with E-state index in [4.69, 9.17) is 4.42 Å². The average molecular weight is 361 g/mol. The molecule has 2 aromatic carbocycles. The maximum Gasteiger partial charge on any atom is 0.247 e. The second kappa shape index (κ2) is 7.74. The Bertz CT molecular complexity index is 899. The minimum absolute atomic E-state index is 0.0203. The summed E-state index contributed by atoms with van der Waals surface area (Å²) in [6.07, 6.45) is 2.90. The normalized spacial score (nSPS) is 14.7. The number of aromatic nitrogens is 2. The van der Waals surface area contributed by atoms with E-state index in [1.54, 1.807) is 0 Å². The molecule has 4 rings (SSSR count). The number of aryl methyl sites for hydroxylation is 1. The predicted octanol–water partition coefficient (Wildman–Crippen LogP) is 4.25. The van der Waals surface area contributed by atoms with Gasteiger partial charge in [0.25, 0.3) is 0 Å². The van der Waals surface area contributed by atoms with Crippen LogP contribution in [0.1, 0.15) is 42.2 Å².